The van der Waals surface area contributed by atoms with Gasteiger partial charge in [-0.15, -0.1) is 10.2 Å². The van der Waals surface area contributed by atoms with Gasteiger partial charge in [-0.2, -0.15) is 0 Å². The van der Waals surface area contributed by atoms with E-state index in [4.69, 9.17) is 5.73 Å². The summed E-state index contributed by atoms with van der Waals surface area (Å²) in [6.45, 7) is 0. The summed E-state index contributed by atoms with van der Waals surface area (Å²) >= 11 is 0. The number of nitrogen functional groups attached to an aromatic ring is 1. The molecule has 0 atom stereocenters. The van der Waals surface area contributed by atoms with E-state index in [9.17, 15) is 4.39 Å². The Balaban J connectivity index is 2.06. The minimum absolute atomic E-state index is 0.309. The van der Waals surface area contributed by atoms with Crippen molar-refractivity contribution in [3.05, 3.63) is 30.3 Å². The first-order chi connectivity index (χ1) is 8.75. The molecule has 4 nitrogen and oxygen atoms in total. The molecular weight excluding hydrogens is 231 g/mol. The molecule has 0 radical (unpaired) electrons. The van der Waals surface area contributed by atoms with Gasteiger partial charge >= 0.3 is 0 Å². The largest absolute Gasteiger partial charge is 0.399 e. The van der Waals surface area contributed by atoms with Crippen molar-refractivity contribution < 1.29 is 4.39 Å². The van der Waals surface area contributed by atoms with Gasteiger partial charge < -0.3 is 10.3 Å². The molecule has 18 heavy (non-hydrogen) atoms. The smallest absolute Gasteiger partial charge is 0.167 e. The maximum Gasteiger partial charge on any atom is 0.167 e. The fourth-order valence-corrected chi connectivity index (χ4v) is 2.60. The molecule has 1 heterocycles. The third kappa shape index (κ3) is 1.85. The van der Waals surface area contributed by atoms with E-state index in [1.807, 2.05) is 4.57 Å². The predicted molar refractivity (Wildman–Crippen MR) is 67.3 cm³/mol. The lowest BCUT2D eigenvalue weighted by Gasteiger charge is -2.14. The predicted octanol–water partition coefficient (Wildman–Crippen LogP) is 2.78. The van der Waals surface area contributed by atoms with Gasteiger partial charge in [-0.1, -0.05) is 12.8 Å². The normalized spacial score (nSPS) is 16.3. The summed E-state index contributed by atoms with van der Waals surface area (Å²) in [7, 11) is 0. The number of hydrogen-bond acceptors (Lipinski definition) is 3. The molecule has 0 bridgehead atoms. The maximum absolute atomic E-state index is 13.9. The minimum atomic E-state index is -0.309. The second-order valence-corrected chi connectivity index (χ2v) is 4.74. The highest BCUT2D eigenvalue weighted by molar-refractivity contribution is 5.62. The number of hydrogen-bond donors (Lipinski definition) is 1. The standard InChI is InChI=1S/C13H15FN4/c14-12-6-5-9(15)7-11(12)13-17-16-8-18(13)10-3-1-2-4-10/h5-8,10H,1-4,15H2. The Kier molecular flexibility index (Phi) is 2.74. The van der Waals surface area contributed by atoms with E-state index in [2.05, 4.69) is 10.2 Å². The first-order valence-electron chi connectivity index (χ1n) is 6.20. The van der Waals surface area contributed by atoms with Crippen molar-refractivity contribution in [2.24, 2.45) is 0 Å². The van der Waals surface area contributed by atoms with Crippen LogP contribution in [-0.4, -0.2) is 14.8 Å². The van der Waals surface area contributed by atoms with Crippen LogP contribution in [0.3, 0.4) is 0 Å². The second kappa shape index (κ2) is 4.40. The van der Waals surface area contributed by atoms with Crippen molar-refractivity contribution >= 4 is 5.69 Å². The summed E-state index contributed by atoms with van der Waals surface area (Å²) < 4.78 is 15.8. The zero-order valence-electron chi connectivity index (χ0n) is 10.0. The second-order valence-electron chi connectivity index (χ2n) is 4.74. The average molecular weight is 246 g/mol. The summed E-state index contributed by atoms with van der Waals surface area (Å²) in [5, 5.41) is 7.97. The molecule has 1 aromatic heterocycles. The molecule has 1 aliphatic carbocycles. The third-order valence-corrected chi connectivity index (χ3v) is 3.52. The Bertz CT molecular complexity index is 558. The Morgan fingerprint density at radius 3 is 2.83 bits per heavy atom. The average Bonchev–Trinajstić information content (AvgIpc) is 3.00. The maximum atomic E-state index is 13.9. The van der Waals surface area contributed by atoms with E-state index >= 15 is 0 Å². The quantitative estimate of drug-likeness (QED) is 0.829. The molecule has 0 aliphatic heterocycles. The third-order valence-electron chi connectivity index (χ3n) is 3.52. The zero-order chi connectivity index (χ0) is 12.5. The van der Waals surface area contributed by atoms with E-state index in [1.165, 1.54) is 18.9 Å². The van der Waals surface area contributed by atoms with Crippen molar-refractivity contribution in [2.45, 2.75) is 31.7 Å². The number of halogens is 1. The van der Waals surface area contributed by atoms with Gasteiger partial charge in [0, 0.05) is 11.7 Å². The van der Waals surface area contributed by atoms with E-state index in [-0.39, 0.29) is 5.82 Å². The number of benzene rings is 1. The molecule has 0 saturated heterocycles. The molecule has 0 unspecified atom stereocenters. The van der Waals surface area contributed by atoms with E-state index in [1.54, 1.807) is 18.5 Å². The summed E-state index contributed by atoms with van der Waals surface area (Å²) in [6.07, 6.45) is 6.32. The topological polar surface area (TPSA) is 56.7 Å². The molecule has 0 spiro atoms. The van der Waals surface area contributed by atoms with Crippen LogP contribution in [0.15, 0.2) is 24.5 Å². The molecule has 2 aromatic rings. The molecular formula is C13H15FN4. The van der Waals surface area contributed by atoms with Crippen LogP contribution < -0.4 is 5.73 Å². The number of nitrogens with zero attached hydrogens (tertiary/aromatic N) is 3. The number of nitrogens with two attached hydrogens (primary N) is 1. The number of anilines is 1. The summed E-state index contributed by atoms with van der Waals surface area (Å²) in [6, 6.07) is 4.92. The van der Waals surface area contributed by atoms with E-state index < -0.39 is 0 Å². The Labute approximate surface area is 105 Å². The van der Waals surface area contributed by atoms with Crippen molar-refractivity contribution in [1.29, 1.82) is 0 Å². The van der Waals surface area contributed by atoms with Crippen LogP contribution in [0.25, 0.3) is 11.4 Å². The van der Waals surface area contributed by atoms with Gasteiger partial charge in [0.05, 0.1) is 5.56 Å². The van der Waals surface area contributed by atoms with Crippen molar-refractivity contribution in [1.82, 2.24) is 14.8 Å². The van der Waals surface area contributed by atoms with E-state index in [0.717, 1.165) is 12.8 Å². The van der Waals surface area contributed by atoms with Gasteiger partial charge in [0.2, 0.25) is 0 Å². The molecule has 3 rings (SSSR count). The summed E-state index contributed by atoms with van der Waals surface area (Å²) in [4.78, 5) is 0. The van der Waals surface area contributed by atoms with Crippen LogP contribution in [0.5, 0.6) is 0 Å². The highest BCUT2D eigenvalue weighted by Gasteiger charge is 2.22. The molecule has 5 heteroatoms. The number of rotatable bonds is 2. The summed E-state index contributed by atoms with van der Waals surface area (Å²) in [5.74, 6) is 0.267. The molecule has 1 aromatic carbocycles. The van der Waals surface area contributed by atoms with Crippen LogP contribution in [0.1, 0.15) is 31.7 Å². The van der Waals surface area contributed by atoms with Gasteiger partial charge in [0.25, 0.3) is 0 Å². The fourth-order valence-electron chi connectivity index (χ4n) is 2.60. The lowest BCUT2D eigenvalue weighted by atomic mass is 10.1. The van der Waals surface area contributed by atoms with Gasteiger partial charge in [0.1, 0.15) is 12.1 Å². The monoisotopic (exact) mass is 246 g/mol. The lowest BCUT2D eigenvalue weighted by molar-refractivity contribution is 0.519. The minimum Gasteiger partial charge on any atom is -0.399 e. The number of aromatic nitrogens is 3. The fraction of sp³-hybridized carbons (Fsp3) is 0.385. The van der Waals surface area contributed by atoms with Gasteiger partial charge in [-0.05, 0) is 31.0 Å². The first-order valence-corrected chi connectivity index (χ1v) is 6.20. The Morgan fingerprint density at radius 1 is 1.28 bits per heavy atom. The molecule has 1 saturated carbocycles. The molecule has 2 N–H and O–H groups in total. The SMILES string of the molecule is Nc1ccc(F)c(-c2nncn2C2CCCC2)c1. The molecule has 94 valence electrons. The van der Waals surface area contributed by atoms with E-state index in [0.29, 0.717) is 23.1 Å². The molecule has 0 amide bonds. The summed E-state index contributed by atoms with van der Waals surface area (Å²) in [5.41, 5.74) is 6.68. The van der Waals surface area contributed by atoms with Gasteiger partial charge in [-0.25, -0.2) is 4.39 Å². The van der Waals surface area contributed by atoms with Crippen molar-refractivity contribution in [3.63, 3.8) is 0 Å². The van der Waals surface area contributed by atoms with Crippen LogP contribution in [-0.2, 0) is 0 Å². The Hall–Kier alpha value is -1.91. The van der Waals surface area contributed by atoms with Crippen LogP contribution >= 0.6 is 0 Å². The van der Waals surface area contributed by atoms with Crippen molar-refractivity contribution in [3.8, 4) is 11.4 Å². The molecule has 1 aliphatic rings. The van der Waals surface area contributed by atoms with Crippen molar-refractivity contribution in [2.75, 3.05) is 5.73 Å². The highest BCUT2D eigenvalue weighted by atomic mass is 19.1. The van der Waals surface area contributed by atoms with Gasteiger partial charge in [-0.3, -0.25) is 0 Å². The zero-order valence-corrected chi connectivity index (χ0v) is 10.0. The van der Waals surface area contributed by atoms with Crippen LogP contribution in [0, 0.1) is 5.82 Å². The first kappa shape index (κ1) is 11.2. The van der Waals surface area contributed by atoms with Crippen LogP contribution in [0.4, 0.5) is 10.1 Å². The lowest BCUT2D eigenvalue weighted by Crippen LogP contribution is -2.06. The Morgan fingerprint density at radius 2 is 2.06 bits per heavy atom. The highest BCUT2D eigenvalue weighted by Crippen LogP contribution is 2.33. The van der Waals surface area contributed by atoms with Gasteiger partial charge in [0.15, 0.2) is 5.82 Å². The molecule has 1 fully saturated rings. The van der Waals surface area contributed by atoms with Crippen LogP contribution in [0.2, 0.25) is 0 Å².